The largest absolute Gasteiger partial charge is 0.462 e. The zero-order valence-corrected chi connectivity index (χ0v) is 19.3. The number of halogens is 3. The number of hydrogen-bond acceptors (Lipinski definition) is 7. The zero-order chi connectivity index (χ0) is 24.7. The molecule has 0 saturated carbocycles. The molecule has 0 N–H and O–H groups in total. The highest BCUT2D eigenvalue weighted by molar-refractivity contribution is 7.99. The maximum atomic E-state index is 14.1. The van der Waals surface area contributed by atoms with E-state index < -0.39 is 36.4 Å². The van der Waals surface area contributed by atoms with Crippen molar-refractivity contribution in [1.29, 1.82) is 0 Å². The summed E-state index contributed by atoms with van der Waals surface area (Å²) in [7, 11) is 0. The van der Waals surface area contributed by atoms with Gasteiger partial charge in [0.1, 0.15) is 10.6 Å². The Morgan fingerprint density at radius 3 is 2.50 bits per heavy atom. The van der Waals surface area contributed by atoms with Gasteiger partial charge >= 0.3 is 11.9 Å². The Labute approximate surface area is 198 Å². The summed E-state index contributed by atoms with van der Waals surface area (Å²) in [6, 6.07) is 10.7. The summed E-state index contributed by atoms with van der Waals surface area (Å²) >= 11 is 0.858. The lowest BCUT2D eigenvalue weighted by molar-refractivity contribution is -0.146. The van der Waals surface area contributed by atoms with Crippen LogP contribution in [0.5, 0.6) is 5.75 Å². The molecule has 0 radical (unpaired) electrons. The number of ether oxygens (including phenoxy) is 3. The maximum absolute atomic E-state index is 14.1. The van der Waals surface area contributed by atoms with E-state index in [1.165, 1.54) is 6.92 Å². The molecule has 3 rings (SSSR count). The van der Waals surface area contributed by atoms with Crippen molar-refractivity contribution in [2.24, 2.45) is 0 Å². The first-order chi connectivity index (χ1) is 16.3. The topological polar surface area (TPSA) is 74.7 Å². The summed E-state index contributed by atoms with van der Waals surface area (Å²) in [6.07, 6.45) is -1.06. The second-order valence-corrected chi connectivity index (χ2v) is 8.11. The Kier molecular flexibility index (Phi) is 8.89. The zero-order valence-electron chi connectivity index (χ0n) is 18.5. The van der Waals surface area contributed by atoms with Gasteiger partial charge in [0.25, 0.3) is 0 Å². The number of hydrogen-bond donors (Lipinski definition) is 0. The van der Waals surface area contributed by atoms with Crippen molar-refractivity contribution in [2.45, 2.75) is 31.6 Å². The number of alkyl halides is 1. The van der Waals surface area contributed by atoms with E-state index in [0.29, 0.717) is 0 Å². The molecule has 2 aromatic carbocycles. The van der Waals surface area contributed by atoms with Gasteiger partial charge < -0.3 is 14.2 Å². The molecule has 0 saturated heterocycles. The number of thioether (sulfide) groups is 1. The monoisotopic (exact) mass is 493 g/mol. The van der Waals surface area contributed by atoms with Crippen molar-refractivity contribution in [1.82, 2.24) is 4.98 Å². The maximum Gasteiger partial charge on any atom is 0.344 e. The molecule has 0 aliphatic heterocycles. The van der Waals surface area contributed by atoms with Gasteiger partial charge in [-0.05, 0) is 25.5 Å². The van der Waals surface area contributed by atoms with Crippen molar-refractivity contribution in [2.75, 3.05) is 19.0 Å². The van der Waals surface area contributed by atoms with Crippen LogP contribution in [0.2, 0.25) is 0 Å². The minimum atomic E-state index is -1.22. The van der Waals surface area contributed by atoms with E-state index in [4.69, 9.17) is 14.2 Å². The summed E-state index contributed by atoms with van der Waals surface area (Å²) in [5, 5.41) is -0.148. The molecule has 0 aliphatic rings. The van der Waals surface area contributed by atoms with E-state index in [1.807, 2.05) is 30.3 Å². The molecule has 6 nitrogen and oxygen atoms in total. The average molecular weight is 494 g/mol. The second kappa shape index (κ2) is 11.8. The molecule has 0 amide bonds. The summed E-state index contributed by atoms with van der Waals surface area (Å²) < 4.78 is 56.9. The number of fused-ring (bicyclic) bond motifs is 1. The molecule has 1 atom stereocenters. The summed E-state index contributed by atoms with van der Waals surface area (Å²) in [4.78, 5) is 29.8. The standard InChI is InChI=1S/C24H22F3NO5S/c1-3-31-24(30)20-21(33-23(29)14(2)32-13-15-7-5-4-6-8-15)16-11-17(26)18(27)12-19(16)28-22(20)34-10-9-25/h4-8,11-12,14H,3,9-10,13H2,1-2H3. The number of carbonyl (C=O) groups is 2. The van der Waals surface area contributed by atoms with Crippen molar-refractivity contribution >= 4 is 34.6 Å². The first kappa shape index (κ1) is 25.5. The molecule has 0 spiro atoms. The van der Waals surface area contributed by atoms with Crippen LogP contribution in [0.1, 0.15) is 29.8 Å². The van der Waals surface area contributed by atoms with Crippen LogP contribution in [-0.2, 0) is 20.9 Å². The highest BCUT2D eigenvalue weighted by Gasteiger charge is 2.28. The number of rotatable bonds is 10. The quantitative estimate of drug-likeness (QED) is 0.282. The van der Waals surface area contributed by atoms with E-state index in [9.17, 15) is 22.8 Å². The molecule has 34 heavy (non-hydrogen) atoms. The van der Waals surface area contributed by atoms with E-state index in [0.717, 1.165) is 29.5 Å². The van der Waals surface area contributed by atoms with Crippen LogP contribution in [0.25, 0.3) is 10.9 Å². The summed E-state index contributed by atoms with van der Waals surface area (Å²) in [5.41, 5.74) is 0.475. The Morgan fingerprint density at radius 2 is 1.82 bits per heavy atom. The molecule has 0 bridgehead atoms. The lowest BCUT2D eigenvalue weighted by atomic mass is 10.1. The average Bonchev–Trinajstić information content (AvgIpc) is 2.83. The molecule has 1 unspecified atom stereocenters. The third-order valence-corrected chi connectivity index (χ3v) is 5.55. The highest BCUT2D eigenvalue weighted by Crippen LogP contribution is 2.37. The first-order valence-electron chi connectivity index (χ1n) is 10.4. The Bertz CT molecular complexity index is 1180. The second-order valence-electron chi connectivity index (χ2n) is 7.02. The predicted molar refractivity (Wildman–Crippen MR) is 121 cm³/mol. The van der Waals surface area contributed by atoms with Gasteiger partial charge in [-0.3, -0.25) is 4.39 Å². The van der Waals surface area contributed by atoms with Crippen LogP contribution < -0.4 is 4.74 Å². The lowest BCUT2D eigenvalue weighted by Gasteiger charge is -2.18. The van der Waals surface area contributed by atoms with E-state index in [1.54, 1.807) is 6.92 Å². The first-order valence-corrected chi connectivity index (χ1v) is 11.4. The minimum absolute atomic E-state index is 0.00809. The van der Waals surface area contributed by atoms with E-state index in [2.05, 4.69) is 4.98 Å². The Balaban J connectivity index is 2.02. The fourth-order valence-corrected chi connectivity index (χ4v) is 3.74. The lowest BCUT2D eigenvalue weighted by Crippen LogP contribution is -2.27. The number of nitrogens with zero attached hydrogens (tertiary/aromatic N) is 1. The molecule has 180 valence electrons. The van der Waals surface area contributed by atoms with E-state index in [-0.39, 0.29) is 46.2 Å². The minimum Gasteiger partial charge on any atom is -0.462 e. The third-order valence-electron chi connectivity index (χ3n) is 4.62. The van der Waals surface area contributed by atoms with Crippen molar-refractivity contribution in [3.63, 3.8) is 0 Å². The van der Waals surface area contributed by atoms with Gasteiger partial charge in [0, 0.05) is 17.2 Å². The van der Waals surface area contributed by atoms with Crippen LogP contribution in [0.15, 0.2) is 47.5 Å². The molecule has 0 aliphatic carbocycles. The number of pyridine rings is 1. The van der Waals surface area contributed by atoms with Crippen LogP contribution in [0, 0.1) is 11.6 Å². The van der Waals surface area contributed by atoms with E-state index >= 15 is 0 Å². The molecule has 0 fully saturated rings. The van der Waals surface area contributed by atoms with Gasteiger partial charge in [-0.1, -0.05) is 30.3 Å². The molecule has 1 heterocycles. The van der Waals surface area contributed by atoms with Gasteiger partial charge in [-0.15, -0.1) is 11.8 Å². The molecule has 3 aromatic rings. The number of esters is 2. The van der Waals surface area contributed by atoms with Gasteiger partial charge in [0.2, 0.25) is 0 Å². The van der Waals surface area contributed by atoms with Crippen LogP contribution in [0.3, 0.4) is 0 Å². The summed E-state index contributed by atoms with van der Waals surface area (Å²) in [6.45, 7) is 2.41. The van der Waals surface area contributed by atoms with Gasteiger partial charge in [0.15, 0.2) is 23.5 Å². The smallest absolute Gasteiger partial charge is 0.344 e. The molecule has 10 heteroatoms. The van der Waals surface area contributed by atoms with Crippen LogP contribution >= 0.6 is 11.8 Å². The van der Waals surface area contributed by atoms with Crippen molar-refractivity contribution < 1.29 is 37.0 Å². The summed E-state index contributed by atoms with van der Waals surface area (Å²) in [5.74, 6) is -4.60. The molecular formula is C24H22F3NO5S. The molecule has 1 aromatic heterocycles. The number of carbonyl (C=O) groups excluding carboxylic acids is 2. The predicted octanol–water partition coefficient (Wildman–Crippen LogP) is 5.26. The van der Waals surface area contributed by atoms with Gasteiger partial charge in [-0.25, -0.2) is 23.4 Å². The third kappa shape index (κ3) is 6.06. The fourth-order valence-electron chi connectivity index (χ4n) is 2.98. The number of aromatic nitrogens is 1. The Hall–Kier alpha value is -3.11. The number of benzene rings is 2. The van der Waals surface area contributed by atoms with Crippen LogP contribution in [-0.4, -0.2) is 42.1 Å². The van der Waals surface area contributed by atoms with Gasteiger partial charge in [-0.2, -0.15) is 0 Å². The highest BCUT2D eigenvalue weighted by atomic mass is 32.2. The fraction of sp³-hybridized carbons (Fsp3) is 0.292. The van der Waals surface area contributed by atoms with Crippen LogP contribution in [0.4, 0.5) is 13.2 Å². The Morgan fingerprint density at radius 1 is 1.12 bits per heavy atom. The normalized spacial score (nSPS) is 11.9. The van der Waals surface area contributed by atoms with Gasteiger partial charge in [0.05, 0.1) is 25.4 Å². The molecular weight excluding hydrogens is 471 g/mol. The van der Waals surface area contributed by atoms with Crippen molar-refractivity contribution in [3.05, 3.63) is 65.2 Å². The van der Waals surface area contributed by atoms with Crippen molar-refractivity contribution in [3.8, 4) is 5.75 Å². The SMILES string of the molecule is CCOC(=O)c1c(SCCF)nc2cc(F)c(F)cc2c1OC(=O)C(C)OCc1ccccc1.